The van der Waals surface area contributed by atoms with Gasteiger partial charge in [0.1, 0.15) is 6.61 Å². The molecule has 0 radical (unpaired) electrons. The van der Waals surface area contributed by atoms with Crippen LogP contribution in [0.25, 0.3) is 0 Å². The summed E-state index contributed by atoms with van der Waals surface area (Å²) in [5, 5.41) is 26.1. The summed E-state index contributed by atoms with van der Waals surface area (Å²) in [5.74, 6) is -0.442. The molecule has 4 nitrogen and oxygen atoms in total. The molecule has 0 fully saturated rings. The average Bonchev–Trinajstić information content (AvgIpc) is 2.17. The summed E-state index contributed by atoms with van der Waals surface area (Å²) >= 11 is 0. The summed E-state index contributed by atoms with van der Waals surface area (Å²) in [7, 11) is -1.59. The van der Waals surface area contributed by atoms with E-state index in [2.05, 4.69) is 0 Å². The van der Waals surface area contributed by atoms with Crippen molar-refractivity contribution < 1.29 is 19.9 Å². The number of Topliss-reactive ketones (excluding diaryl/α,β-unsaturated/α-hetero) is 1. The largest absolute Gasteiger partial charge is 0.488 e. The van der Waals surface area contributed by atoms with Crippen LogP contribution < -0.4 is 5.46 Å². The topological polar surface area (TPSA) is 77.8 Å². The fraction of sp³-hybridized carbons (Fsp3) is 0.125. The fourth-order valence-corrected chi connectivity index (χ4v) is 0.964. The van der Waals surface area contributed by atoms with E-state index in [1.165, 1.54) is 24.3 Å². The van der Waals surface area contributed by atoms with E-state index in [-0.39, 0.29) is 11.0 Å². The fourth-order valence-electron chi connectivity index (χ4n) is 0.964. The number of carbonyl (C=O) groups is 1. The Kier molecular flexibility index (Phi) is 3.19. The van der Waals surface area contributed by atoms with Gasteiger partial charge in [-0.1, -0.05) is 24.3 Å². The smallest absolute Gasteiger partial charge is 0.423 e. The summed E-state index contributed by atoms with van der Waals surface area (Å²) < 4.78 is 0. The minimum absolute atomic E-state index is 0.235. The van der Waals surface area contributed by atoms with Crippen LogP contribution in [0.15, 0.2) is 24.3 Å². The van der Waals surface area contributed by atoms with Crippen molar-refractivity contribution >= 4 is 18.4 Å². The van der Waals surface area contributed by atoms with Gasteiger partial charge in [-0.05, 0) is 5.46 Å². The molecule has 1 aromatic carbocycles. The Morgan fingerprint density at radius 1 is 1.38 bits per heavy atom. The highest BCUT2D eigenvalue weighted by molar-refractivity contribution is 6.58. The van der Waals surface area contributed by atoms with E-state index < -0.39 is 19.5 Å². The molecular formula is C8H9BO4. The molecule has 0 spiro atoms. The van der Waals surface area contributed by atoms with Crippen LogP contribution in [-0.4, -0.2) is 34.7 Å². The van der Waals surface area contributed by atoms with Crippen LogP contribution in [0, 0.1) is 0 Å². The van der Waals surface area contributed by atoms with Crippen molar-refractivity contribution in [1.29, 1.82) is 0 Å². The standard InChI is InChI=1S/C8H9BO4/c10-5-8(11)6-2-1-3-7(4-6)9(12)13/h1-4,10,12-13H,5H2. The Bertz CT molecular complexity index is 311. The lowest BCUT2D eigenvalue weighted by Crippen LogP contribution is -2.30. The third-order valence-electron chi connectivity index (χ3n) is 1.65. The van der Waals surface area contributed by atoms with Crippen molar-refractivity contribution in [1.82, 2.24) is 0 Å². The van der Waals surface area contributed by atoms with Crippen LogP contribution in [-0.2, 0) is 0 Å². The molecule has 0 saturated heterocycles. The molecule has 0 aromatic heterocycles. The van der Waals surface area contributed by atoms with Gasteiger partial charge in [-0.2, -0.15) is 0 Å². The Balaban J connectivity index is 2.98. The van der Waals surface area contributed by atoms with Crippen molar-refractivity contribution in [2.45, 2.75) is 0 Å². The number of rotatable bonds is 3. The van der Waals surface area contributed by atoms with Gasteiger partial charge in [0.2, 0.25) is 0 Å². The van der Waals surface area contributed by atoms with Gasteiger partial charge in [-0.15, -0.1) is 0 Å². The molecule has 0 atom stereocenters. The van der Waals surface area contributed by atoms with Gasteiger partial charge in [0, 0.05) is 5.56 Å². The third kappa shape index (κ3) is 2.38. The summed E-state index contributed by atoms with van der Waals surface area (Å²) in [6.45, 7) is -0.578. The van der Waals surface area contributed by atoms with Crippen LogP contribution >= 0.6 is 0 Å². The van der Waals surface area contributed by atoms with E-state index in [0.29, 0.717) is 0 Å². The first-order chi connectivity index (χ1) is 6.15. The van der Waals surface area contributed by atoms with E-state index >= 15 is 0 Å². The van der Waals surface area contributed by atoms with Gasteiger partial charge in [-0.25, -0.2) is 0 Å². The second-order valence-corrected chi connectivity index (χ2v) is 2.58. The summed E-state index contributed by atoms with van der Waals surface area (Å²) in [5.41, 5.74) is 0.507. The second kappa shape index (κ2) is 4.18. The van der Waals surface area contributed by atoms with Crippen molar-refractivity contribution in [3.05, 3.63) is 29.8 Å². The Labute approximate surface area is 75.6 Å². The normalized spacial score (nSPS) is 9.77. The monoisotopic (exact) mass is 180 g/mol. The number of benzene rings is 1. The number of hydrogen-bond donors (Lipinski definition) is 3. The van der Waals surface area contributed by atoms with E-state index in [0.717, 1.165) is 0 Å². The molecular weight excluding hydrogens is 171 g/mol. The third-order valence-corrected chi connectivity index (χ3v) is 1.65. The Morgan fingerprint density at radius 2 is 2.08 bits per heavy atom. The highest BCUT2D eigenvalue weighted by Gasteiger charge is 2.12. The minimum atomic E-state index is -1.59. The molecule has 1 rings (SSSR count). The predicted octanol–water partition coefficient (Wildman–Crippen LogP) is -1.46. The lowest BCUT2D eigenvalue weighted by molar-refractivity contribution is 0.0904. The summed E-state index contributed by atoms with van der Waals surface area (Å²) in [6.07, 6.45) is 0. The van der Waals surface area contributed by atoms with Gasteiger partial charge in [0.15, 0.2) is 5.78 Å². The lowest BCUT2D eigenvalue weighted by Gasteiger charge is -2.01. The van der Waals surface area contributed by atoms with Crippen LogP contribution in [0.3, 0.4) is 0 Å². The molecule has 1 aromatic rings. The SMILES string of the molecule is O=C(CO)c1cccc(B(O)O)c1. The molecule has 0 aliphatic heterocycles. The Morgan fingerprint density at radius 3 is 2.62 bits per heavy atom. The maximum Gasteiger partial charge on any atom is 0.488 e. The van der Waals surface area contributed by atoms with Crippen molar-refractivity contribution in [3.8, 4) is 0 Å². The van der Waals surface area contributed by atoms with E-state index in [1.54, 1.807) is 0 Å². The van der Waals surface area contributed by atoms with Gasteiger partial charge >= 0.3 is 7.12 Å². The maximum atomic E-state index is 11.0. The molecule has 0 saturated carbocycles. The molecule has 13 heavy (non-hydrogen) atoms. The quantitative estimate of drug-likeness (QED) is 0.392. The first kappa shape index (κ1) is 9.92. The molecule has 0 heterocycles. The molecule has 0 bridgehead atoms. The summed E-state index contributed by atoms with van der Waals surface area (Å²) in [6, 6.07) is 5.85. The maximum absolute atomic E-state index is 11.0. The zero-order chi connectivity index (χ0) is 9.84. The highest BCUT2D eigenvalue weighted by Crippen LogP contribution is 1.97. The number of carbonyl (C=O) groups excluding carboxylic acids is 1. The van der Waals surface area contributed by atoms with Crippen LogP contribution in [0.1, 0.15) is 10.4 Å². The minimum Gasteiger partial charge on any atom is -0.423 e. The highest BCUT2D eigenvalue weighted by atomic mass is 16.4. The molecule has 0 unspecified atom stereocenters. The van der Waals surface area contributed by atoms with Gasteiger partial charge in [0.05, 0.1) is 0 Å². The molecule has 68 valence electrons. The second-order valence-electron chi connectivity index (χ2n) is 2.58. The molecule has 0 aliphatic rings. The van der Waals surface area contributed by atoms with Crippen LogP contribution in [0.5, 0.6) is 0 Å². The van der Waals surface area contributed by atoms with E-state index in [9.17, 15) is 4.79 Å². The van der Waals surface area contributed by atoms with E-state index in [1.807, 2.05) is 0 Å². The van der Waals surface area contributed by atoms with Gasteiger partial charge in [0.25, 0.3) is 0 Å². The van der Waals surface area contributed by atoms with Crippen molar-refractivity contribution in [2.24, 2.45) is 0 Å². The van der Waals surface area contributed by atoms with Crippen LogP contribution in [0.4, 0.5) is 0 Å². The van der Waals surface area contributed by atoms with Crippen LogP contribution in [0.2, 0.25) is 0 Å². The molecule has 0 amide bonds. The average molecular weight is 180 g/mol. The first-order valence-corrected chi connectivity index (χ1v) is 3.75. The number of hydrogen-bond acceptors (Lipinski definition) is 4. The van der Waals surface area contributed by atoms with Gasteiger partial charge < -0.3 is 15.2 Å². The molecule has 5 heteroatoms. The number of aliphatic hydroxyl groups is 1. The zero-order valence-electron chi connectivity index (χ0n) is 6.84. The van der Waals surface area contributed by atoms with Crippen molar-refractivity contribution in [3.63, 3.8) is 0 Å². The predicted molar refractivity (Wildman–Crippen MR) is 47.7 cm³/mol. The number of aliphatic hydroxyl groups excluding tert-OH is 1. The number of ketones is 1. The van der Waals surface area contributed by atoms with Crippen molar-refractivity contribution in [2.75, 3.05) is 6.61 Å². The van der Waals surface area contributed by atoms with E-state index in [4.69, 9.17) is 15.2 Å². The zero-order valence-corrected chi connectivity index (χ0v) is 6.84. The first-order valence-electron chi connectivity index (χ1n) is 3.75. The Hall–Kier alpha value is -1.17. The molecule has 0 aliphatic carbocycles. The van der Waals surface area contributed by atoms with Gasteiger partial charge in [-0.3, -0.25) is 4.79 Å². The lowest BCUT2D eigenvalue weighted by atomic mass is 9.79. The molecule has 3 N–H and O–H groups in total. The summed E-state index contributed by atoms with van der Waals surface area (Å²) in [4.78, 5) is 11.0.